The summed E-state index contributed by atoms with van der Waals surface area (Å²) in [5.41, 5.74) is 3.17. The van der Waals surface area contributed by atoms with Crippen LogP contribution in [0, 0.1) is 5.41 Å². The molecule has 3 nitrogen and oxygen atoms in total. The number of aryl methyl sites for hydroxylation is 1. The first-order valence-corrected chi connectivity index (χ1v) is 7.19. The maximum Gasteiger partial charge on any atom is 0.161 e. The molecule has 1 aliphatic heterocycles. The molecular formula is C16H23NO2. The lowest BCUT2D eigenvalue weighted by atomic mass is 9.83. The van der Waals surface area contributed by atoms with E-state index >= 15 is 0 Å². The van der Waals surface area contributed by atoms with E-state index in [9.17, 15) is 0 Å². The lowest BCUT2D eigenvalue weighted by Crippen LogP contribution is -2.23. The molecule has 0 amide bonds. The Bertz CT molecular complexity index is 482. The van der Waals surface area contributed by atoms with Crippen molar-refractivity contribution in [3.05, 3.63) is 23.3 Å². The molecule has 0 saturated heterocycles. The van der Waals surface area contributed by atoms with Gasteiger partial charge in [0.15, 0.2) is 11.5 Å². The zero-order chi connectivity index (χ0) is 13.5. The van der Waals surface area contributed by atoms with Gasteiger partial charge in [0.25, 0.3) is 0 Å². The van der Waals surface area contributed by atoms with Gasteiger partial charge in [0, 0.05) is 6.04 Å². The van der Waals surface area contributed by atoms with E-state index in [1.165, 1.54) is 17.5 Å². The molecule has 1 unspecified atom stereocenters. The molecule has 2 aliphatic rings. The second kappa shape index (κ2) is 4.71. The van der Waals surface area contributed by atoms with Crippen molar-refractivity contribution >= 4 is 0 Å². The molecule has 3 heteroatoms. The third-order valence-electron chi connectivity index (χ3n) is 4.36. The number of hydrogen-bond donors (Lipinski definition) is 1. The summed E-state index contributed by atoms with van der Waals surface area (Å²) in [5, 5.41) is 3.47. The van der Waals surface area contributed by atoms with Gasteiger partial charge in [0.1, 0.15) is 13.2 Å². The summed E-state index contributed by atoms with van der Waals surface area (Å²) in [7, 11) is 2.05. The van der Waals surface area contributed by atoms with Crippen molar-refractivity contribution < 1.29 is 9.47 Å². The largest absolute Gasteiger partial charge is 0.486 e. The molecule has 0 aromatic heterocycles. The number of benzene rings is 1. The fourth-order valence-corrected chi connectivity index (χ4v) is 3.18. The van der Waals surface area contributed by atoms with Gasteiger partial charge in [-0.2, -0.15) is 0 Å². The van der Waals surface area contributed by atoms with Crippen LogP contribution in [0.2, 0.25) is 0 Å². The minimum absolute atomic E-state index is 0.370. The average molecular weight is 261 g/mol. The lowest BCUT2D eigenvalue weighted by molar-refractivity contribution is 0.171. The van der Waals surface area contributed by atoms with Gasteiger partial charge in [-0.3, -0.25) is 0 Å². The topological polar surface area (TPSA) is 30.5 Å². The van der Waals surface area contributed by atoms with Crippen LogP contribution >= 0.6 is 0 Å². The summed E-state index contributed by atoms with van der Waals surface area (Å²) in [6.07, 6.45) is 3.51. The molecule has 19 heavy (non-hydrogen) atoms. The Kier molecular flexibility index (Phi) is 3.17. The van der Waals surface area contributed by atoms with E-state index in [0.29, 0.717) is 24.7 Å². The summed E-state index contributed by atoms with van der Waals surface area (Å²) >= 11 is 0. The third-order valence-corrected chi connectivity index (χ3v) is 4.36. The Morgan fingerprint density at radius 3 is 2.53 bits per heavy atom. The van der Waals surface area contributed by atoms with Crippen LogP contribution in [-0.2, 0) is 6.42 Å². The summed E-state index contributed by atoms with van der Waals surface area (Å²) in [6.45, 7) is 6.03. The predicted molar refractivity (Wildman–Crippen MR) is 76.0 cm³/mol. The Hall–Kier alpha value is -1.22. The van der Waals surface area contributed by atoms with Crippen LogP contribution in [0.1, 0.15) is 43.9 Å². The molecule has 0 saturated carbocycles. The standard InChI is InChI=1S/C16H23NO2/c1-16(2)5-4-11-8-14-15(19-7-6-18-14)9-12(11)13(10-16)17-3/h8-9,13,17H,4-7,10H2,1-3H3. The minimum atomic E-state index is 0.370. The van der Waals surface area contributed by atoms with Crippen molar-refractivity contribution in [1.29, 1.82) is 0 Å². The molecule has 104 valence electrons. The van der Waals surface area contributed by atoms with Crippen LogP contribution in [-0.4, -0.2) is 20.3 Å². The van der Waals surface area contributed by atoms with E-state index in [0.717, 1.165) is 24.3 Å². The van der Waals surface area contributed by atoms with Crippen LogP contribution in [0.25, 0.3) is 0 Å². The van der Waals surface area contributed by atoms with Crippen molar-refractivity contribution in [1.82, 2.24) is 5.32 Å². The quantitative estimate of drug-likeness (QED) is 0.788. The summed E-state index contributed by atoms with van der Waals surface area (Å²) in [6, 6.07) is 4.78. The van der Waals surface area contributed by atoms with Gasteiger partial charge in [-0.25, -0.2) is 0 Å². The number of rotatable bonds is 1. The lowest BCUT2D eigenvalue weighted by Gasteiger charge is -2.27. The molecule has 1 aromatic rings. The highest BCUT2D eigenvalue weighted by molar-refractivity contribution is 5.49. The first kappa shape index (κ1) is 12.8. The van der Waals surface area contributed by atoms with Gasteiger partial charge in [-0.05, 0) is 55.0 Å². The number of nitrogens with one attached hydrogen (secondary N) is 1. The van der Waals surface area contributed by atoms with E-state index in [-0.39, 0.29) is 0 Å². The first-order chi connectivity index (χ1) is 9.09. The Morgan fingerprint density at radius 1 is 1.16 bits per heavy atom. The molecule has 1 atom stereocenters. The fourth-order valence-electron chi connectivity index (χ4n) is 3.18. The van der Waals surface area contributed by atoms with E-state index in [1.807, 2.05) is 7.05 Å². The maximum atomic E-state index is 5.72. The van der Waals surface area contributed by atoms with Crippen LogP contribution in [0.15, 0.2) is 12.1 Å². The Balaban J connectivity index is 2.03. The first-order valence-electron chi connectivity index (χ1n) is 7.19. The molecule has 1 heterocycles. The van der Waals surface area contributed by atoms with Gasteiger partial charge in [-0.1, -0.05) is 13.8 Å². The van der Waals surface area contributed by atoms with E-state index in [4.69, 9.17) is 9.47 Å². The Morgan fingerprint density at radius 2 is 1.84 bits per heavy atom. The van der Waals surface area contributed by atoms with E-state index in [2.05, 4.69) is 31.3 Å². The second-order valence-electron chi connectivity index (χ2n) is 6.40. The van der Waals surface area contributed by atoms with Crippen LogP contribution in [0.3, 0.4) is 0 Å². The highest BCUT2D eigenvalue weighted by Crippen LogP contribution is 2.43. The monoisotopic (exact) mass is 261 g/mol. The van der Waals surface area contributed by atoms with Crippen LogP contribution in [0.4, 0.5) is 0 Å². The maximum absolute atomic E-state index is 5.72. The number of ether oxygens (including phenoxy) is 2. The van der Waals surface area contributed by atoms with Crippen molar-refractivity contribution in [2.45, 2.75) is 39.2 Å². The fraction of sp³-hybridized carbons (Fsp3) is 0.625. The molecular weight excluding hydrogens is 238 g/mol. The van der Waals surface area contributed by atoms with Crippen molar-refractivity contribution in [3.8, 4) is 11.5 Å². The highest BCUT2D eigenvalue weighted by Gasteiger charge is 2.30. The van der Waals surface area contributed by atoms with E-state index < -0.39 is 0 Å². The molecule has 0 bridgehead atoms. The van der Waals surface area contributed by atoms with Gasteiger partial charge in [0.05, 0.1) is 0 Å². The molecule has 1 aliphatic carbocycles. The van der Waals surface area contributed by atoms with Crippen LogP contribution < -0.4 is 14.8 Å². The average Bonchev–Trinajstić information content (AvgIpc) is 2.53. The zero-order valence-corrected chi connectivity index (χ0v) is 12.1. The molecule has 0 spiro atoms. The highest BCUT2D eigenvalue weighted by atomic mass is 16.6. The molecule has 3 rings (SSSR count). The second-order valence-corrected chi connectivity index (χ2v) is 6.40. The van der Waals surface area contributed by atoms with Crippen LogP contribution in [0.5, 0.6) is 11.5 Å². The molecule has 0 fully saturated rings. The minimum Gasteiger partial charge on any atom is -0.486 e. The van der Waals surface area contributed by atoms with Gasteiger partial charge in [-0.15, -0.1) is 0 Å². The number of fused-ring (bicyclic) bond motifs is 2. The molecule has 1 aromatic carbocycles. The van der Waals surface area contributed by atoms with Gasteiger partial charge in [0.2, 0.25) is 0 Å². The normalized spacial score (nSPS) is 24.5. The third kappa shape index (κ3) is 2.44. The predicted octanol–water partition coefficient (Wildman–Crippen LogP) is 3.08. The zero-order valence-electron chi connectivity index (χ0n) is 12.1. The smallest absolute Gasteiger partial charge is 0.161 e. The van der Waals surface area contributed by atoms with Crippen molar-refractivity contribution in [2.24, 2.45) is 5.41 Å². The summed E-state index contributed by atoms with van der Waals surface area (Å²) < 4.78 is 11.4. The van der Waals surface area contributed by atoms with Crippen molar-refractivity contribution in [2.75, 3.05) is 20.3 Å². The molecule has 1 N–H and O–H groups in total. The SMILES string of the molecule is CNC1CC(C)(C)CCc2cc3c(cc21)OCCO3. The van der Waals surface area contributed by atoms with Gasteiger partial charge < -0.3 is 14.8 Å². The number of hydrogen-bond acceptors (Lipinski definition) is 3. The van der Waals surface area contributed by atoms with E-state index in [1.54, 1.807) is 0 Å². The summed E-state index contributed by atoms with van der Waals surface area (Å²) in [4.78, 5) is 0. The van der Waals surface area contributed by atoms with Gasteiger partial charge >= 0.3 is 0 Å². The Labute approximate surface area is 115 Å². The summed E-state index contributed by atoms with van der Waals surface area (Å²) in [5.74, 6) is 1.82. The molecule has 0 radical (unpaired) electrons. The van der Waals surface area contributed by atoms with Crippen molar-refractivity contribution in [3.63, 3.8) is 0 Å².